The first-order chi connectivity index (χ1) is 9.65. The minimum absolute atomic E-state index is 0.148. The average molecular weight is 296 g/mol. The average Bonchev–Trinajstić information content (AvgIpc) is 3.16. The Morgan fingerprint density at radius 2 is 2.10 bits per heavy atom. The van der Waals surface area contributed by atoms with E-state index < -0.39 is 0 Å². The van der Waals surface area contributed by atoms with Gasteiger partial charge in [0.1, 0.15) is 11.1 Å². The van der Waals surface area contributed by atoms with Crippen LogP contribution in [0, 0.1) is 5.92 Å². The number of hydrogen-bond donors (Lipinski definition) is 1. The molecule has 1 aromatic heterocycles. The number of aromatic nitrogens is 1. The van der Waals surface area contributed by atoms with Crippen LogP contribution in [-0.2, 0) is 17.7 Å². The first-order valence-electron chi connectivity index (χ1n) is 7.99. The van der Waals surface area contributed by atoms with Crippen LogP contribution in [0.5, 0.6) is 0 Å². The van der Waals surface area contributed by atoms with E-state index in [-0.39, 0.29) is 6.10 Å². The zero-order valence-electron chi connectivity index (χ0n) is 13.2. The van der Waals surface area contributed by atoms with Crippen molar-refractivity contribution in [1.82, 2.24) is 10.3 Å². The topological polar surface area (TPSA) is 34.1 Å². The first kappa shape index (κ1) is 15.9. The SMILES string of the molecule is CCCc1nc(C(OCC)C(C)C)sc1CNC1CC1. The summed E-state index contributed by atoms with van der Waals surface area (Å²) in [6.07, 6.45) is 5.05. The van der Waals surface area contributed by atoms with E-state index in [1.807, 2.05) is 11.3 Å². The fourth-order valence-corrected chi connectivity index (χ4v) is 3.63. The molecule has 20 heavy (non-hydrogen) atoms. The molecule has 3 nitrogen and oxygen atoms in total. The third kappa shape index (κ3) is 4.27. The standard InChI is InChI=1S/C16H28N2OS/c1-5-7-13-14(10-17-12-8-9-12)20-16(18-13)15(11(3)4)19-6-2/h11-12,15,17H,5-10H2,1-4H3. The van der Waals surface area contributed by atoms with E-state index in [1.165, 1.54) is 23.4 Å². The maximum Gasteiger partial charge on any atom is 0.122 e. The number of hydrogen-bond acceptors (Lipinski definition) is 4. The van der Waals surface area contributed by atoms with Crippen LogP contribution in [0.3, 0.4) is 0 Å². The summed E-state index contributed by atoms with van der Waals surface area (Å²) in [5.41, 5.74) is 1.28. The number of aryl methyl sites for hydroxylation is 1. The predicted molar refractivity (Wildman–Crippen MR) is 85.2 cm³/mol. The van der Waals surface area contributed by atoms with Gasteiger partial charge in [-0.15, -0.1) is 11.3 Å². The summed E-state index contributed by atoms with van der Waals surface area (Å²) in [6, 6.07) is 0.753. The highest BCUT2D eigenvalue weighted by molar-refractivity contribution is 7.11. The molecule has 0 bridgehead atoms. The van der Waals surface area contributed by atoms with Crippen LogP contribution >= 0.6 is 11.3 Å². The predicted octanol–water partition coefficient (Wildman–Crippen LogP) is 4.08. The van der Waals surface area contributed by atoms with Gasteiger partial charge in [0.25, 0.3) is 0 Å². The molecular weight excluding hydrogens is 268 g/mol. The van der Waals surface area contributed by atoms with Crippen LogP contribution in [0.25, 0.3) is 0 Å². The fourth-order valence-electron chi connectivity index (χ4n) is 2.35. The molecule has 0 amide bonds. The summed E-state index contributed by atoms with van der Waals surface area (Å²) in [6.45, 7) is 10.4. The maximum absolute atomic E-state index is 5.90. The van der Waals surface area contributed by atoms with E-state index >= 15 is 0 Å². The molecule has 0 aliphatic heterocycles. The third-order valence-corrected chi connectivity index (χ3v) is 4.76. The lowest BCUT2D eigenvalue weighted by molar-refractivity contribution is 0.0292. The van der Waals surface area contributed by atoms with Crippen molar-refractivity contribution in [3.8, 4) is 0 Å². The van der Waals surface area contributed by atoms with E-state index in [0.717, 1.165) is 37.0 Å². The number of thiazole rings is 1. The summed E-state index contributed by atoms with van der Waals surface area (Å²) >= 11 is 1.85. The van der Waals surface area contributed by atoms with Crippen LogP contribution in [0.2, 0.25) is 0 Å². The molecule has 1 aliphatic rings. The summed E-state index contributed by atoms with van der Waals surface area (Å²) in [4.78, 5) is 6.31. The van der Waals surface area contributed by atoms with Crippen molar-refractivity contribution in [2.45, 2.75) is 72.1 Å². The number of ether oxygens (including phenoxy) is 1. The fraction of sp³-hybridized carbons (Fsp3) is 0.812. The van der Waals surface area contributed by atoms with Gasteiger partial charge in [-0.25, -0.2) is 4.98 Å². The van der Waals surface area contributed by atoms with Gasteiger partial charge < -0.3 is 10.1 Å². The number of nitrogens with zero attached hydrogens (tertiary/aromatic N) is 1. The van der Waals surface area contributed by atoms with Gasteiger partial charge in [0.15, 0.2) is 0 Å². The van der Waals surface area contributed by atoms with Gasteiger partial charge in [0, 0.05) is 24.1 Å². The van der Waals surface area contributed by atoms with Crippen molar-refractivity contribution in [2.24, 2.45) is 5.92 Å². The largest absolute Gasteiger partial charge is 0.371 e. The molecule has 0 saturated heterocycles. The molecule has 0 radical (unpaired) electrons. The minimum atomic E-state index is 0.148. The van der Waals surface area contributed by atoms with Crippen molar-refractivity contribution in [1.29, 1.82) is 0 Å². The van der Waals surface area contributed by atoms with E-state index in [0.29, 0.717) is 5.92 Å². The van der Waals surface area contributed by atoms with E-state index in [1.54, 1.807) is 0 Å². The molecule has 1 fully saturated rings. The van der Waals surface area contributed by atoms with Crippen LogP contribution in [0.15, 0.2) is 0 Å². The van der Waals surface area contributed by atoms with Crippen molar-refractivity contribution >= 4 is 11.3 Å². The first-order valence-corrected chi connectivity index (χ1v) is 8.80. The summed E-state index contributed by atoms with van der Waals surface area (Å²) in [5, 5.41) is 4.78. The maximum atomic E-state index is 5.90. The van der Waals surface area contributed by atoms with Crippen molar-refractivity contribution in [3.05, 3.63) is 15.6 Å². The molecule has 114 valence electrons. The van der Waals surface area contributed by atoms with Crippen molar-refractivity contribution in [3.63, 3.8) is 0 Å². The van der Waals surface area contributed by atoms with Gasteiger partial charge in [-0.1, -0.05) is 27.2 Å². The normalized spacial score (nSPS) is 16.9. The smallest absolute Gasteiger partial charge is 0.122 e. The molecule has 1 aliphatic carbocycles. The Labute approximate surface area is 127 Å². The molecule has 1 unspecified atom stereocenters. The molecule has 1 aromatic rings. The van der Waals surface area contributed by atoms with Crippen molar-refractivity contribution < 1.29 is 4.74 Å². The highest BCUT2D eigenvalue weighted by Crippen LogP contribution is 2.32. The molecule has 1 saturated carbocycles. The number of rotatable bonds is 9. The van der Waals surface area contributed by atoms with E-state index in [4.69, 9.17) is 9.72 Å². The van der Waals surface area contributed by atoms with Gasteiger partial charge in [0.2, 0.25) is 0 Å². The molecule has 2 rings (SSSR count). The van der Waals surface area contributed by atoms with Crippen LogP contribution in [0.4, 0.5) is 0 Å². The third-order valence-electron chi connectivity index (χ3n) is 3.61. The van der Waals surface area contributed by atoms with E-state index in [9.17, 15) is 0 Å². The van der Waals surface area contributed by atoms with Gasteiger partial charge in [-0.3, -0.25) is 0 Å². The Kier molecular flexibility index (Phi) is 6.00. The molecule has 1 N–H and O–H groups in total. The Balaban J connectivity index is 2.12. The Bertz CT molecular complexity index is 413. The zero-order chi connectivity index (χ0) is 14.5. The highest BCUT2D eigenvalue weighted by atomic mass is 32.1. The zero-order valence-corrected chi connectivity index (χ0v) is 14.1. The van der Waals surface area contributed by atoms with Crippen molar-refractivity contribution in [2.75, 3.05) is 6.61 Å². The summed E-state index contributed by atoms with van der Waals surface area (Å²) in [5.74, 6) is 0.472. The Morgan fingerprint density at radius 3 is 2.65 bits per heavy atom. The summed E-state index contributed by atoms with van der Waals surface area (Å²) < 4.78 is 5.90. The van der Waals surface area contributed by atoms with Gasteiger partial charge in [-0.05, 0) is 32.1 Å². The second-order valence-electron chi connectivity index (χ2n) is 5.95. The van der Waals surface area contributed by atoms with E-state index in [2.05, 4.69) is 33.0 Å². The second-order valence-corrected chi connectivity index (χ2v) is 7.06. The van der Waals surface area contributed by atoms with Crippen LogP contribution < -0.4 is 5.32 Å². The van der Waals surface area contributed by atoms with Crippen LogP contribution in [-0.4, -0.2) is 17.6 Å². The summed E-state index contributed by atoms with van der Waals surface area (Å²) in [7, 11) is 0. The highest BCUT2D eigenvalue weighted by Gasteiger charge is 2.24. The minimum Gasteiger partial charge on any atom is -0.371 e. The molecule has 0 aromatic carbocycles. The monoisotopic (exact) mass is 296 g/mol. The second kappa shape index (κ2) is 7.53. The molecular formula is C16H28N2OS. The lowest BCUT2D eigenvalue weighted by atomic mass is 10.1. The lowest BCUT2D eigenvalue weighted by Gasteiger charge is -2.18. The number of nitrogens with one attached hydrogen (secondary N) is 1. The molecule has 4 heteroatoms. The van der Waals surface area contributed by atoms with Gasteiger partial charge in [0.05, 0.1) is 5.69 Å². The Morgan fingerprint density at radius 1 is 1.35 bits per heavy atom. The molecule has 1 atom stereocenters. The quantitative estimate of drug-likeness (QED) is 0.745. The molecule has 0 spiro atoms. The Hall–Kier alpha value is -0.450. The molecule has 1 heterocycles. The lowest BCUT2D eigenvalue weighted by Crippen LogP contribution is -2.15. The van der Waals surface area contributed by atoms with Gasteiger partial charge in [-0.2, -0.15) is 0 Å². The van der Waals surface area contributed by atoms with Gasteiger partial charge >= 0.3 is 0 Å². The van der Waals surface area contributed by atoms with Crippen LogP contribution in [0.1, 0.15) is 68.6 Å².